The van der Waals surface area contributed by atoms with E-state index in [4.69, 9.17) is 0 Å². The Kier molecular flexibility index (Phi) is 5.14. The predicted octanol–water partition coefficient (Wildman–Crippen LogP) is 3.54. The number of anilines is 1. The summed E-state index contributed by atoms with van der Waals surface area (Å²) < 4.78 is 16.7. The van der Waals surface area contributed by atoms with Gasteiger partial charge in [0.05, 0.1) is 17.1 Å². The van der Waals surface area contributed by atoms with Crippen LogP contribution in [-0.2, 0) is 0 Å². The van der Waals surface area contributed by atoms with Crippen LogP contribution in [0.3, 0.4) is 0 Å². The van der Waals surface area contributed by atoms with Crippen LogP contribution < -0.4 is 16.6 Å². The molecule has 0 saturated carbocycles. The third-order valence-corrected chi connectivity index (χ3v) is 5.44. The summed E-state index contributed by atoms with van der Waals surface area (Å²) in [5, 5.41) is 2.72. The number of halogens is 1. The van der Waals surface area contributed by atoms with Gasteiger partial charge in [-0.3, -0.25) is 9.59 Å². The molecule has 0 saturated heterocycles. The third-order valence-electron chi connectivity index (χ3n) is 5.44. The zero-order valence-corrected chi connectivity index (χ0v) is 17.9. The standard InChI is InChI=1S/C25H18FN5O3/c1-15-7-6-12-30-14-20(28-22(15)30)16-8-2-4-10-19(16)29-23(32)17-13-27-25(34)31(24(17)33)21-11-5-3-9-18(21)26/h2-14H,1H3,(H,27,34)(H,29,32). The van der Waals surface area contributed by atoms with Gasteiger partial charge in [-0.1, -0.05) is 36.4 Å². The number of amides is 1. The molecule has 0 aliphatic carbocycles. The summed E-state index contributed by atoms with van der Waals surface area (Å²) in [7, 11) is 0. The van der Waals surface area contributed by atoms with Gasteiger partial charge in [0.25, 0.3) is 11.5 Å². The van der Waals surface area contributed by atoms with E-state index in [9.17, 15) is 18.8 Å². The molecule has 34 heavy (non-hydrogen) atoms. The molecule has 0 fully saturated rings. The molecule has 0 radical (unpaired) electrons. The van der Waals surface area contributed by atoms with Gasteiger partial charge >= 0.3 is 5.69 Å². The number of hydrogen-bond acceptors (Lipinski definition) is 4. The first kappa shape index (κ1) is 21.1. The van der Waals surface area contributed by atoms with E-state index in [1.54, 1.807) is 18.2 Å². The third kappa shape index (κ3) is 3.58. The number of carbonyl (C=O) groups is 1. The Hall–Kier alpha value is -4.79. The lowest BCUT2D eigenvalue weighted by atomic mass is 10.1. The van der Waals surface area contributed by atoms with Crippen LogP contribution in [0.1, 0.15) is 15.9 Å². The second-order valence-corrected chi connectivity index (χ2v) is 7.65. The number of aryl methyl sites for hydroxylation is 1. The van der Waals surface area contributed by atoms with E-state index in [1.165, 1.54) is 18.2 Å². The lowest BCUT2D eigenvalue weighted by molar-refractivity contribution is 0.102. The number of benzene rings is 2. The topological polar surface area (TPSA) is 101 Å². The highest BCUT2D eigenvalue weighted by Crippen LogP contribution is 2.28. The van der Waals surface area contributed by atoms with Gasteiger partial charge in [0, 0.05) is 24.2 Å². The predicted molar refractivity (Wildman–Crippen MR) is 126 cm³/mol. The first-order valence-corrected chi connectivity index (χ1v) is 10.4. The molecule has 5 rings (SSSR count). The average Bonchev–Trinajstić information content (AvgIpc) is 3.26. The van der Waals surface area contributed by atoms with Crippen LogP contribution in [0.5, 0.6) is 0 Å². The number of H-pyrrole nitrogens is 1. The Morgan fingerprint density at radius 3 is 2.59 bits per heavy atom. The van der Waals surface area contributed by atoms with Crippen molar-refractivity contribution >= 4 is 17.2 Å². The average molecular weight is 455 g/mol. The van der Waals surface area contributed by atoms with Crippen LogP contribution in [0.25, 0.3) is 22.6 Å². The molecule has 1 amide bonds. The van der Waals surface area contributed by atoms with Gasteiger partial charge in [-0.05, 0) is 36.8 Å². The van der Waals surface area contributed by atoms with Crippen molar-refractivity contribution in [1.29, 1.82) is 0 Å². The summed E-state index contributed by atoms with van der Waals surface area (Å²) >= 11 is 0. The van der Waals surface area contributed by atoms with E-state index >= 15 is 0 Å². The zero-order chi connectivity index (χ0) is 23.8. The number of pyridine rings is 1. The summed E-state index contributed by atoms with van der Waals surface area (Å²) in [6.45, 7) is 1.95. The first-order valence-electron chi connectivity index (χ1n) is 10.4. The highest BCUT2D eigenvalue weighted by Gasteiger charge is 2.19. The number of hydrogen-bond donors (Lipinski definition) is 2. The maximum absolute atomic E-state index is 14.2. The highest BCUT2D eigenvalue weighted by atomic mass is 19.1. The summed E-state index contributed by atoms with van der Waals surface area (Å²) in [6.07, 6.45) is 4.75. The van der Waals surface area contributed by atoms with Gasteiger partial charge in [0.15, 0.2) is 0 Å². The highest BCUT2D eigenvalue weighted by molar-refractivity contribution is 6.05. The normalized spacial score (nSPS) is 11.0. The van der Waals surface area contributed by atoms with Gasteiger partial charge in [0.1, 0.15) is 17.0 Å². The summed E-state index contributed by atoms with van der Waals surface area (Å²) in [4.78, 5) is 45.3. The van der Waals surface area contributed by atoms with Crippen molar-refractivity contribution in [3.8, 4) is 16.9 Å². The van der Waals surface area contributed by atoms with Crippen LogP contribution in [-0.4, -0.2) is 24.8 Å². The Morgan fingerprint density at radius 1 is 1.03 bits per heavy atom. The number of nitrogens with zero attached hydrogens (tertiary/aromatic N) is 3. The fraction of sp³-hybridized carbons (Fsp3) is 0.0400. The SMILES string of the molecule is Cc1cccn2cc(-c3ccccc3NC(=O)c3c[nH]c(=O)n(-c4ccccc4F)c3=O)nc12. The second-order valence-electron chi connectivity index (χ2n) is 7.65. The van der Waals surface area contributed by atoms with Gasteiger partial charge in [0.2, 0.25) is 0 Å². The van der Waals surface area contributed by atoms with Crippen molar-refractivity contribution in [2.24, 2.45) is 0 Å². The number of fused-ring (bicyclic) bond motifs is 1. The Balaban J connectivity index is 1.55. The number of carbonyl (C=O) groups excluding carboxylic acids is 1. The van der Waals surface area contributed by atoms with E-state index in [1.807, 2.05) is 41.9 Å². The molecular weight excluding hydrogens is 437 g/mol. The Morgan fingerprint density at radius 2 is 1.79 bits per heavy atom. The zero-order valence-electron chi connectivity index (χ0n) is 17.9. The number of para-hydroxylation sites is 2. The van der Waals surface area contributed by atoms with E-state index in [2.05, 4.69) is 15.3 Å². The number of rotatable bonds is 4. The smallest absolute Gasteiger partial charge is 0.321 e. The quantitative estimate of drug-likeness (QED) is 0.433. The largest absolute Gasteiger partial charge is 0.333 e. The lowest BCUT2D eigenvalue weighted by Crippen LogP contribution is -2.38. The van der Waals surface area contributed by atoms with E-state index in [0.29, 0.717) is 21.5 Å². The minimum atomic E-state index is -0.938. The molecule has 0 aliphatic heterocycles. The van der Waals surface area contributed by atoms with Gasteiger partial charge in [-0.2, -0.15) is 0 Å². The monoisotopic (exact) mass is 455 g/mol. The van der Waals surface area contributed by atoms with E-state index in [0.717, 1.165) is 23.5 Å². The maximum atomic E-state index is 14.2. The van der Waals surface area contributed by atoms with Crippen LogP contribution >= 0.6 is 0 Å². The molecule has 0 bridgehead atoms. The maximum Gasteiger partial charge on any atom is 0.333 e. The minimum Gasteiger partial charge on any atom is -0.321 e. The van der Waals surface area contributed by atoms with Crippen LogP contribution in [0.4, 0.5) is 10.1 Å². The summed E-state index contributed by atoms with van der Waals surface area (Å²) in [6, 6.07) is 16.3. The number of aromatic nitrogens is 4. The van der Waals surface area contributed by atoms with E-state index < -0.39 is 23.0 Å². The molecule has 3 aromatic heterocycles. The van der Waals surface area contributed by atoms with Crippen molar-refractivity contribution in [1.82, 2.24) is 18.9 Å². The van der Waals surface area contributed by atoms with Crippen molar-refractivity contribution < 1.29 is 9.18 Å². The molecule has 0 atom stereocenters. The van der Waals surface area contributed by atoms with Crippen LogP contribution in [0.15, 0.2) is 88.8 Å². The molecule has 0 spiro atoms. The van der Waals surface area contributed by atoms with Crippen molar-refractivity contribution in [3.63, 3.8) is 0 Å². The first-order chi connectivity index (χ1) is 16.4. The molecule has 5 aromatic rings. The minimum absolute atomic E-state index is 0.246. The molecule has 8 nitrogen and oxygen atoms in total. The molecule has 3 heterocycles. The van der Waals surface area contributed by atoms with Gasteiger partial charge in [-0.25, -0.2) is 18.7 Å². The molecule has 2 N–H and O–H groups in total. The fourth-order valence-corrected chi connectivity index (χ4v) is 3.78. The molecule has 9 heteroatoms. The molecule has 2 aromatic carbocycles. The van der Waals surface area contributed by atoms with Crippen LogP contribution in [0.2, 0.25) is 0 Å². The summed E-state index contributed by atoms with van der Waals surface area (Å²) in [5.74, 6) is -1.51. The Labute approximate surface area is 192 Å². The molecule has 0 aliphatic rings. The lowest BCUT2D eigenvalue weighted by Gasteiger charge is -2.11. The number of nitrogens with one attached hydrogen (secondary N) is 2. The second kappa shape index (κ2) is 8.28. The van der Waals surface area contributed by atoms with Crippen molar-refractivity contribution in [3.05, 3.63) is 117 Å². The van der Waals surface area contributed by atoms with Crippen LogP contribution in [0, 0.1) is 12.7 Å². The fourth-order valence-electron chi connectivity index (χ4n) is 3.78. The van der Waals surface area contributed by atoms with Gasteiger partial charge < -0.3 is 14.7 Å². The number of imidazole rings is 1. The van der Waals surface area contributed by atoms with Crippen molar-refractivity contribution in [2.45, 2.75) is 6.92 Å². The Bertz CT molecular complexity index is 1680. The molecule has 0 unspecified atom stereocenters. The van der Waals surface area contributed by atoms with E-state index in [-0.39, 0.29) is 11.3 Å². The van der Waals surface area contributed by atoms with Crippen molar-refractivity contribution in [2.75, 3.05) is 5.32 Å². The number of aromatic amines is 1. The molecular formula is C25H18FN5O3. The summed E-state index contributed by atoms with van der Waals surface area (Å²) in [5.41, 5.74) is 1.11. The van der Waals surface area contributed by atoms with Gasteiger partial charge in [-0.15, -0.1) is 0 Å². The molecule has 168 valence electrons.